The molecule has 2 N–H and O–H groups in total. The van der Waals surface area contributed by atoms with E-state index < -0.39 is 15.3 Å². The molecule has 1 fully saturated rings. The smallest absolute Gasteiger partial charge is 0.199 e. The number of carbonyl (C=O) groups excluding carboxylic acids is 1. The number of carbonyl (C=O) groups is 1. The third-order valence-corrected chi connectivity index (χ3v) is 7.60. The van der Waals surface area contributed by atoms with Crippen molar-refractivity contribution in [2.75, 3.05) is 5.75 Å². The lowest BCUT2D eigenvalue weighted by Gasteiger charge is -2.27. The van der Waals surface area contributed by atoms with E-state index in [4.69, 9.17) is 9.20 Å². The van der Waals surface area contributed by atoms with Crippen LogP contribution in [0.1, 0.15) is 75.1 Å². The number of Topliss-reactive ketones (excluding diaryl/α,β-unsaturated/α-hetero) is 1. The summed E-state index contributed by atoms with van der Waals surface area (Å²) in [6.07, 6.45) is 6.22. The predicted octanol–water partition coefficient (Wildman–Crippen LogP) is 5.19. The predicted molar refractivity (Wildman–Crippen MR) is 118 cm³/mol. The monoisotopic (exact) mass is 431 g/mol. The molecule has 1 atom stereocenters. The van der Waals surface area contributed by atoms with Crippen molar-refractivity contribution in [2.24, 2.45) is 5.92 Å². The van der Waals surface area contributed by atoms with E-state index in [0.29, 0.717) is 11.5 Å². The highest BCUT2D eigenvalue weighted by molar-refractivity contribution is 7.93. The largest absolute Gasteiger partial charge is 0.454 e. The fourth-order valence-corrected chi connectivity index (χ4v) is 5.19. The molecule has 0 saturated heterocycles. The van der Waals surface area contributed by atoms with Crippen LogP contribution in [0.4, 0.5) is 0 Å². The van der Waals surface area contributed by atoms with E-state index in [1.807, 2.05) is 0 Å². The molecule has 3 rings (SSSR count). The Morgan fingerprint density at radius 2 is 2.03 bits per heavy atom. The van der Waals surface area contributed by atoms with Gasteiger partial charge in [-0.15, -0.1) is 0 Å². The zero-order chi connectivity index (χ0) is 22.1. The van der Waals surface area contributed by atoms with Crippen LogP contribution in [0, 0.1) is 10.7 Å². The lowest BCUT2D eigenvalue weighted by atomic mass is 9.78. The van der Waals surface area contributed by atoms with Crippen LogP contribution in [-0.2, 0) is 33.0 Å². The lowest BCUT2D eigenvalue weighted by molar-refractivity contribution is -0.116. The summed E-state index contributed by atoms with van der Waals surface area (Å²) in [5.41, 5.74) is 2.68. The first-order valence-electron chi connectivity index (χ1n) is 10.7. The summed E-state index contributed by atoms with van der Waals surface area (Å²) < 4.78 is 26.5. The van der Waals surface area contributed by atoms with Gasteiger partial charge in [-0.3, -0.25) is 4.79 Å². The molecule has 0 amide bonds. The molecular weight excluding hydrogens is 398 g/mol. The minimum Gasteiger partial charge on any atom is -0.454 e. The highest BCUT2D eigenvalue weighted by Gasteiger charge is 2.26. The maximum Gasteiger partial charge on any atom is 0.199 e. The van der Waals surface area contributed by atoms with Gasteiger partial charge >= 0.3 is 0 Å². The Labute approximate surface area is 179 Å². The van der Waals surface area contributed by atoms with Crippen molar-refractivity contribution in [1.82, 2.24) is 0 Å². The molecule has 1 heterocycles. The van der Waals surface area contributed by atoms with Crippen LogP contribution in [0.15, 0.2) is 40.0 Å². The highest BCUT2D eigenvalue weighted by Crippen LogP contribution is 2.33. The van der Waals surface area contributed by atoms with Crippen LogP contribution >= 0.6 is 0 Å². The molecule has 0 unspecified atom stereocenters. The number of aliphatic hydroxyl groups is 1. The van der Waals surface area contributed by atoms with Gasteiger partial charge in [-0.1, -0.05) is 51.3 Å². The highest BCUT2D eigenvalue weighted by atomic mass is 32.2. The summed E-state index contributed by atoms with van der Waals surface area (Å²) >= 11 is 0. The zero-order valence-electron chi connectivity index (χ0n) is 18.4. The second-order valence-corrected chi connectivity index (χ2v) is 11.4. The molecule has 1 aromatic carbocycles. The van der Waals surface area contributed by atoms with E-state index in [1.54, 1.807) is 13.8 Å². The summed E-state index contributed by atoms with van der Waals surface area (Å²) in [7, 11) is -3.41. The van der Waals surface area contributed by atoms with E-state index in [9.17, 15) is 14.1 Å². The Hall–Kier alpha value is -1.92. The minimum absolute atomic E-state index is 0.0557. The Balaban J connectivity index is 1.80. The summed E-state index contributed by atoms with van der Waals surface area (Å²) in [6, 6.07) is 7.66. The second-order valence-electron chi connectivity index (χ2n) is 9.39. The van der Waals surface area contributed by atoms with Gasteiger partial charge < -0.3 is 9.52 Å². The number of rotatable bonds is 9. The van der Waals surface area contributed by atoms with Crippen molar-refractivity contribution in [3.05, 3.63) is 52.8 Å². The number of furan rings is 1. The first-order valence-corrected chi connectivity index (χ1v) is 12.4. The molecule has 1 aliphatic carbocycles. The molecule has 164 valence electrons. The number of ketones is 1. The summed E-state index contributed by atoms with van der Waals surface area (Å²) in [5, 5.41) is 10.0. The van der Waals surface area contributed by atoms with Crippen LogP contribution in [0.3, 0.4) is 0 Å². The molecule has 6 heteroatoms. The van der Waals surface area contributed by atoms with E-state index in [2.05, 4.69) is 32.0 Å². The average molecular weight is 432 g/mol. The van der Waals surface area contributed by atoms with Crippen LogP contribution in [-0.4, -0.2) is 20.9 Å². The van der Waals surface area contributed by atoms with Gasteiger partial charge in [-0.05, 0) is 48.8 Å². The Bertz CT molecular complexity index is 1010. The van der Waals surface area contributed by atoms with Gasteiger partial charge in [0.2, 0.25) is 0 Å². The molecule has 1 aliphatic rings. The molecule has 0 bridgehead atoms. The van der Waals surface area contributed by atoms with Crippen molar-refractivity contribution in [1.29, 1.82) is 4.78 Å². The second kappa shape index (κ2) is 8.67. The minimum atomic E-state index is -3.41. The van der Waals surface area contributed by atoms with Crippen LogP contribution in [0.5, 0.6) is 0 Å². The number of hydrogen-bond acceptors (Lipinski definition) is 5. The molecule has 30 heavy (non-hydrogen) atoms. The van der Waals surface area contributed by atoms with Crippen molar-refractivity contribution < 1.29 is 18.5 Å². The van der Waals surface area contributed by atoms with E-state index >= 15 is 0 Å². The lowest BCUT2D eigenvalue weighted by Crippen LogP contribution is -2.20. The molecule has 5 nitrogen and oxygen atoms in total. The van der Waals surface area contributed by atoms with Crippen molar-refractivity contribution in [3.63, 3.8) is 0 Å². The van der Waals surface area contributed by atoms with Gasteiger partial charge in [-0.25, -0.2) is 8.99 Å². The average Bonchev–Trinajstić information content (AvgIpc) is 3.09. The molecule has 0 aliphatic heterocycles. The third kappa shape index (κ3) is 5.22. The standard InChI is InChI=1S/C24H33NO4S/c1-16(2)21-10-6-9-18(11-17-7-5-8-17)22(21)13-20(26)15-30(25,28)23-12-19(14-29-23)24(3,4)27/h6,9-10,12,14,16-17,25,27H,5,7-8,11,13,15H2,1-4H3/t30-/m1/s1. The van der Waals surface area contributed by atoms with E-state index in [-0.39, 0.29) is 29.0 Å². The first-order chi connectivity index (χ1) is 14.0. The number of nitrogens with one attached hydrogen (secondary N) is 1. The maximum absolute atomic E-state index is 12.9. The van der Waals surface area contributed by atoms with Crippen molar-refractivity contribution >= 4 is 15.5 Å². The Morgan fingerprint density at radius 3 is 2.57 bits per heavy atom. The van der Waals surface area contributed by atoms with Gasteiger partial charge in [0.05, 0.1) is 17.6 Å². The van der Waals surface area contributed by atoms with Gasteiger partial charge in [0.1, 0.15) is 9.73 Å². The van der Waals surface area contributed by atoms with Crippen LogP contribution in [0.2, 0.25) is 0 Å². The fraction of sp³-hybridized carbons (Fsp3) is 0.542. The molecule has 0 radical (unpaired) electrons. The first kappa shape index (κ1) is 22.8. The molecule has 1 saturated carbocycles. The summed E-state index contributed by atoms with van der Waals surface area (Å²) in [4.78, 5) is 12.9. The van der Waals surface area contributed by atoms with E-state index in [0.717, 1.165) is 17.5 Å². The van der Waals surface area contributed by atoms with Gasteiger partial charge in [0.25, 0.3) is 0 Å². The summed E-state index contributed by atoms with van der Waals surface area (Å²) in [5.74, 6) is 0.360. The molecular formula is C24H33NO4S. The maximum atomic E-state index is 12.9. The van der Waals surface area contributed by atoms with E-state index in [1.165, 1.54) is 37.2 Å². The van der Waals surface area contributed by atoms with Crippen LogP contribution < -0.4 is 0 Å². The zero-order valence-corrected chi connectivity index (χ0v) is 19.2. The Kier molecular flexibility index (Phi) is 6.58. The topological polar surface area (TPSA) is 91.4 Å². The fourth-order valence-electron chi connectivity index (χ4n) is 3.97. The van der Waals surface area contributed by atoms with Crippen molar-refractivity contribution in [3.8, 4) is 0 Å². The molecule has 0 spiro atoms. The number of benzene rings is 1. The quantitative estimate of drug-likeness (QED) is 0.571. The Morgan fingerprint density at radius 1 is 1.33 bits per heavy atom. The third-order valence-electron chi connectivity index (χ3n) is 6.01. The number of hydrogen-bond donors (Lipinski definition) is 2. The van der Waals surface area contributed by atoms with Gasteiger partial charge in [-0.2, -0.15) is 0 Å². The molecule has 1 aromatic heterocycles. The molecule has 2 aromatic rings. The van der Waals surface area contributed by atoms with Crippen LogP contribution in [0.25, 0.3) is 0 Å². The SMILES string of the molecule is CC(C)c1cccc(CC2CCC2)c1CC(=O)C[S@@](=N)(=O)c1cc(C(C)(C)O)co1. The van der Waals surface area contributed by atoms with Crippen molar-refractivity contribution in [2.45, 2.75) is 76.4 Å². The summed E-state index contributed by atoms with van der Waals surface area (Å²) in [6.45, 7) is 7.41. The van der Waals surface area contributed by atoms with Gasteiger partial charge in [0.15, 0.2) is 10.9 Å². The van der Waals surface area contributed by atoms with Gasteiger partial charge in [0, 0.05) is 18.1 Å². The normalized spacial score (nSPS) is 17.0.